The number of nitrogens with zero attached hydrogens (tertiary/aromatic N) is 2. The van der Waals surface area contributed by atoms with Crippen molar-refractivity contribution in [2.45, 2.75) is 27.7 Å². The van der Waals surface area contributed by atoms with Crippen LogP contribution < -0.4 is 5.43 Å². The summed E-state index contributed by atoms with van der Waals surface area (Å²) >= 11 is 3.65. The van der Waals surface area contributed by atoms with Crippen molar-refractivity contribution in [3.63, 3.8) is 0 Å². The van der Waals surface area contributed by atoms with Crippen molar-refractivity contribution in [2.75, 3.05) is 0 Å². The number of hydrazone groups is 1. The van der Waals surface area contributed by atoms with Gasteiger partial charge >= 0.3 is 0 Å². The molecule has 0 aliphatic heterocycles. The highest BCUT2D eigenvalue weighted by Gasteiger charge is 2.16. The van der Waals surface area contributed by atoms with Crippen molar-refractivity contribution >= 4 is 28.1 Å². The number of aromatic nitrogens is 1. The van der Waals surface area contributed by atoms with E-state index in [9.17, 15) is 9.90 Å². The molecule has 3 aromatic rings. The quantitative estimate of drug-likeness (QED) is 0.446. The van der Waals surface area contributed by atoms with Crippen molar-refractivity contribution in [1.82, 2.24) is 9.99 Å². The number of rotatable bonds is 4. The Bertz CT molecular complexity index is 1060. The van der Waals surface area contributed by atoms with Gasteiger partial charge in [0, 0.05) is 27.1 Å². The molecule has 1 aromatic heterocycles. The van der Waals surface area contributed by atoms with E-state index in [4.69, 9.17) is 0 Å². The Balaban J connectivity index is 1.90. The minimum Gasteiger partial charge on any atom is -0.507 e. The molecule has 0 bridgehead atoms. The van der Waals surface area contributed by atoms with E-state index in [2.05, 4.69) is 63.1 Å². The standard InChI is InChI=1S/C22H22BrN3O2/c1-13-9-14(2)11-17(10-13)26-15(3)19(21(23)16(26)4)12-24-25-22(28)18-7-5-6-8-20(18)27/h5-12,27H,1-4H3,(H,25,28)/b24-12-. The lowest BCUT2D eigenvalue weighted by atomic mass is 10.1. The summed E-state index contributed by atoms with van der Waals surface area (Å²) in [5.41, 5.74) is 9.08. The predicted molar refractivity (Wildman–Crippen MR) is 116 cm³/mol. The Morgan fingerprint density at radius 3 is 2.36 bits per heavy atom. The zero-order valence-electron chi connectivity index (χ0n) is 16.2. The van der Waals surface area contributed by atoms with E-state index in [1.807, 2.05) is 13.8 Å². The molecule has 3 rings (SSSR count). The third-order valence-electron chi connectivity index (χ3n) is 4.59. The van der Waals surface area contributed by atoms with Crippen LogP contribution in [0, 0.1) is 27.7 Å². The highest BCUT2D eigenvalue weighted by atomic mass is 79.9. The number of benzene rings is 2. The second kappa shape index (κ2) is 8.02. The largest absolute Gasteiger partial charge is 0.507 e. The molecular weight excluding hydrogens is 418 g/mol. The van der Waals surface area contributed by atoms with Gasteiger partial charge in [-0.3, -0.25) is 4.79 Å². The van der Waals surface area contributed by atoms with Gasteiger partial charge in [0.1, 0.15) is 5.75 Å². The lowest BCUT2D eigenvalue weighted by Crippen LogP contribution is -2.17. The fourth-order valence-corrected chi connectivity index (χ4v) is 3.89. The van der Waals surface area contributed by atoms with Crippen LogP contribution in [0.4, 0.5) is 0 Å². The zero-order chi connectivity index (χ0) is 20.4. The average Bonchev–Trinajstić information content (AvgIpc) is 2.84. The molecule has 144 valence electrons. The molecule has 5 nitrogen and oxygen atoms in total. The summed E-state index contributed by atoms with van der Waals surface area (Å²) in [6, 6.07) is 12.8. The lowest BCUT2D eigenvalue weighted by Gasteiger charge is -2.11. The zero-order valence-corrected chi connectivity index (χ0v) is 17.8. The summed E-state index contributed by atoms with van der Waals surface area (Å²) in [5.74, 6) is -0.544. The number of aromatic hydroxyl groups is 1. The first kappa shape index (κ1) is 19.9. The summed E-state index contributed by atoms with van der Waals surface area (Å²) in [5, 5.41) is 13.9. The molecule has 0 radical (unpaired) electrons. The summed E-state index contributed by atoms with van der Waals surface area (Å²) < 4.78 is 3.08. The maximum atomic E-state index is 12.2. The fraction of sp³-hybridized carbons (Fsp3) is 0.182. The molecule has 28 heavy (non-hydrogen) atoms. The fourth-order valence-electron chi connectivity index (χ4n) is 3.32. The van der Waals surface area contributed by atoms with Crippen LogP contribution in [0.25, 0.3) is 5.69 Å². The van der Waals surface area contributed by atoms with Crippen molar-refractivity contribution in [1.29, 1.82) is 0 Å². The van der Waals surface area contributed by atoms with Crippen LogP contribution in [-0.4, -0.2) is 21.8 Å². The minimum absolute atomic E-state index is 0.0793. The van der Waals surface area contributed by atoms with Crippen molar-refractivity contribution in [3.05, 3.63) is 80.6 Å². The number of para-hydroxylation sites is 1. The first-order valence-corrected chi connectivity index (χ1v) is 9.66. The van der Waals surface area contributed by atoms with Gasteiger partial charge in [0.05, 0.1) is 11.8 Å². The van der Waals surface area contributed by atoms with E-state index in [1.54, 1.807) is 24.4 Å². The molecule has 0 saturated heterocycles. The molecule has 2 aromatic carbocycles. The highest BCUT2D eigenvalue weighted by molar-refractivity contribution is 9.10. The van der Waals surface area contributed by atoms with Gasteiger partial charge in [0.15, 0.2) is 0 Å². The number of carbonyl (C=O) groups excluding carboxylic acids is 1. The van der Waals surface area contributed by atoms with Gasteiger partial charge in [-0.2, -0.15) is 5.10 Å². The Morgan fingerprint density at radius 1 is 1.07 bits per heavy atom. The van der Waals surface area contributed by atoms with Gasteiger partial charge < -0.3 is 9.67 Å². The molecule has 1 heterocycles. The Labute approximate surface area is 172 Å². The molecule has 6 heteroatoms. The minimum atomic E-state index is -0.464. The summed E-state index contributed by atoms with van der Waals surface area (Å²) in [4.78, 5) is 12.2. The molecular formula is C22H22BrN3O2. The second-order valence-electron chi connectivity index (χ2n) is 6.80. The summed E-state index contributed by atoms with van der Waals surface area (Å²) in [6.45, 7) is 8.21. The first-order valence-electron chi connectivity index (χ1n) is 8.87. The van der Waals surface area contributed by atoms with Crippen LogP contribution in [0.1, 0.15) is 38.4 Å². The molecule has 0 atom stereocenters. The number of halogens is 1. The van der Waals surface area contributed by atoms with E-state index < -0.39 is 5.91 Å². The van der Waals surface area contributed by atoms with E-state index in [1.165, 1.54) is 17.2 Å². The molecule has 0 spiro atoms. The Morgan fingerprint density at radius 2 is 1.71 bits per heavy atom. The number of phenols is 1. The van der Waals surface area contributed by atoms with Crippen LogP contribution in [-0.2, 0) is 0 Å². The number of nitrogens with one attached hydrogen (secondary N) is 1. The smallest absolute Gasteiger partial charge is 0.275 e. The van der Waals surface area contributed by atoms with Gasteiger partial charge in [-0.1, -0.05) is 18.2 Å². The number of phenolic OH excluding ortho intramolecular Hbond substituents is 1. The number of aryl methyl sites for hydroxylation is 2. The van der Waals surface area contributed by atoms with Crippen LogP contribution in [0.2, 0.25) is 0 Å². The first-order chi connectivity index (χ1) is 13.3. The maximum absolute atomic E-state index is 12.2. The van der Waals surface area contributed by atoms with Crippen LogP contribution in [0.15, 0.2) is 52.0 Å². The monoisotopic (exact) mass is 439 g/mol. The molecule has 0 saturated carbocycles. The van der Waals surface area contributed by atoms with Gasteiger partial charge in [0.25, 0.3) is 5.91 Å². The van der Waals surface area contributed by atoms with Crippen molar-refractivity contribution in [3.8, 4) is 11.4 Å². The molecule has 0 aliphatic rings. The van der Waals surface area contributed by atoms with Crippen molar-refractivity contribution in [2.24, 2.45) is 5.10 Å². The molecule has 0 unspecified atom stereocenters. The highest BCUT2D eigenvalue weighted by Crippen LogP contribution is 2.30. The van der Waals surface area contributed by atoms with E-state index in [0.717, 1.165) is 27.1 Å². The second-order valence-corrected chi connectivity index (χ2v) is 7.59. The van der Waals surface area contributed by atoms with Crippen LogP contribution >= 0.6 is 15.9 Å². The van der Waals surface area contributed by atoms with Gasteiger partial charge in [-0.15, -0.1) is 0 Å². The van der Waals surface area contributed by atoms with E-state index >= 15 is 0 Å². The topological polar surface area (TPSA) is 66.6 Å². The molecule has 0 fully saturated rings. The number of carbonyl (C=O) groups is 1. The predicted octanol–water partition coefficient (Wildman–Crippen LogP) is 4.94. The molecule has 0 aliphatic carbocycles. The Kier molecular flexibility index (Phi) is 5.70. The third-order valence-corrected chi connectivity index (χ3v) is 5.59. The van der Waals surface area contributed by atoms with Gasteiger partial charge in [-0.05, 0) is 79.0 Å². The number of hydrogen-bond acceptors (Lipinski definition) is 3. The maximum Gasteiger partial charge on any atom is 0.275 e. The summed E-state index contributed by atoms with van der Waals surface area (Å²) in [6.07, 6.45) is 1.61. The third kappa shape index (κ3) is 3.87. The SMILES string of the molecule is Cc1cc(C)cc(-n2c(C)c(Br)c(/C=N\NC(=O)c3ccccc3O)c2C)c1. The number of amides is 1. The Hall–Kier alpha value is -2.86. The summed E-state index contributed by atoms with van der Waals surface area (Å²) in [7, 11) is 0. The van der Waals surface area contributed by atoms with E-state index in [-0.39, 0.29) is 11.3 Å². The van der Waals surface area contributed by atoms with Gasteiger partial charge in [0.2, 0.25) is 0 Å². The van der Waals surface area contributed by atoms with Crippen LogP contribution in [0.3, 0.4) is 0 Å². The van der Waals surface area contributed by atoms with Crippen molar-refractivity contribution < 1.29 is 9.90 Å². The molecule has 2 N–H and O–H groups in total. The number of hydrogen-bond donors (Lipinski definition) is 2. The van der Waals surface area contributed by atoms with Gasteiger partial charge in [-0.25, -0.2) is 5.43 Å². The van der Waals surface area contributed by atoms with Crippen LogP contribution in [0.5, 0.6) is 5.75 Å². The molecule has 1 amide bonds. The lowest BCUT2D eigenvalue weighted by molar-refractivity contribution is 0.0952. The normalized spacial score (nSPS) is 11.2. The van der Waals surface area contributed by atoms with E-state index in [0.29, 0.717) is 0 Å². The average molecular weight is 440 g/mol.